The topological polar surface area (TPSA) is 86.7 Å². The van der Waals surface area contributed by atoms with Gasteiger partial charge in [-0.2, -0.15) is 0 Å². The van der Waals surface area contributed by atoms with E-state index in [-0.39, 0.29) is 11.8 Å². The van der Waals surface area contributed by atoms with Crippen molar-refractivity contribution in [2.75, 3.05) is 51.5 Å². The summed E-state index contributed by atoms with van der Waals surface area (Å²) in [4.78, 5) is 15.0. The van der Waals surface area contributed by atoms with Crippen LogP contribution >= 0.6 is 11.9 Å². The average Bonchev–Trinajstić information content (AvgIpc) is 3.43. The lowest BCUT2D eigenvalue weighted by atomic mass is 9.82. The molecule has 3 atom stereocenters. The molecule has 34 heavy (non-hydrogen) atoms. The highest BCUT2D eigenvalue weighted by atomic mass is 32.2. The zero-order valence-electron chi connectivity index (χ0n) is 20.6. The van der Waals surface area contributed by atoms with Crippen molar-refractivity contribution in [3.63, 3.8) is 0 Å². The van der Waals surface area contributed by atoms with E-state index in [4.69, 9.17) is 14.9 Å². The van der Waals surface area contributed by atoms with Gasteiger partial charge in [-0.15, -0.1) is 0 Å². The number of nitrogens with one attached hydrogen (secondary N) is 3. The average molecular weight is 489 g/mol. The maximum atomic E-state index is 12.9. The quantitative estimate of drug-likeness (QED) is 0.361. The molecule has 2 aliphatic heterocycles. The summed E-state index contributed by atoms with van der Waals surface area (Å²) < 4.78 is 15.5. The first-order chi connectivity index (χ1) is 16.6. The molecule has 188 valence electrons. The lowest BCUT2D eigenvalue weighted by molar-refractivity contribution is -0.138. The molecule has 0 radical (unpaired) electrons. The predicted molar refractivity (Wildman–Crippen MR) is 139 cm³/mol. The Balaban J connectivity index is 1.28. The SMILES string of the molecule is CNc1ccc(C2CCC(OCC3CN(C(=O)C4CCOC4)CCC3NSC)CC2)cc1C=N. The smallest absolute Gasteiger partial charge is 0.228 e. The standard InChI is InChI=1S/C26H40N4O3S/c1-28-24-8-5-19(13-21(24)14-27)18-3-6-23(7-4-18)33-17-22-15-30(11-9-25(22)29-34-2)26(31)20-10-12-32-16-20/h5,8,13-14,18,20,22-23,25,27-29H,3-4,6-7,9-12,15-17H2,1-2H3. The minimum absolute atomic E-state index is 0.0391. The fourth-order valence-electron chi connectivity index (χ4n) is 5.70. The molecule has 1 saturated carbocycles. The Morgan fingerprint density at radius 2 is 2.09 bits per heavy atom. The Kier molecular flexibility index (Phi) is 9.28. The van der Waals surface area contributed by atoms with Crippen molar-refractivity contribution in [2.45, 2.75) is 56.6 Å². The summed E-state index contributed by atoms with van der Waals surface area (Å²) in [5.74, 6) is 1.15. The Morgan fingerprint density at radius 3 is 2.76 bits per heavy atom. The summed E-state index contributed by atoms with van der Waals surface area (Å²) in [5.41, 5.74) is 3.29. The van der Waals surface area contributed by atoms with E-state index in [0.717, 1.165) is 62.9 Å². The Morgan fingerprint density at radius 1 is 1.26 bits per heavy atom. The zero-order chi connectivity index (χ0) is 23.9. The van der Waals surface area contributed by atoms with Gasteiger partial charge in [-0.05, 0) is 68.4 Å². The lowest BCUT2D eigenvalue weighted by Crippen LogP contribution is -2.52. The van der Waals surface area contributed by atoms with Gasteiger partial charge in [0.15, 0.2) is 0 Å². The van der Waals surface area contributed by atoms with E-state index in [1.165, 1.54) is 11.8 Å². The molecule has 3 unspecified atom stereocenters. The van der Waals surface area contributed by atoms with Crippen LogP contribution in [0.25, 0.3) is 0 Å². The molecule has 2 heterocycles. The maximum Gasteiger partial charge on any atom is 0.228 e. The van der Waals surface area contributed by atoms with Gasteiger partial charge in [0.05, 0.1) is 25.2 Å². The third-order valence-corrected chi connectivity index (χ3v) is 8.32. The summed E-state index contributed by atoms with van der Waals surface area (Å²) in [6.07, 6.45) is 9.97. The van der Waals surface area contributed by atoms with Crippen LogP contribution < -0.4 is 10.0 Å². The van der Waals surface area contributed by atoms with E-state index in [1.54, 1.807) is 11.9 Å². The largest absolute Gasteiger partial charge is 0.388 e. The van der Waals surface area contributed by atoms with E-state index in [0.29, 0.717) is 43.8 Å². The summed E-state index contributed by atoms with van der Waals surface area (Å²) in [6, 6.07) is 6.82. The fraction of sp³-hybridized carbons (Fsp3) is 0.692. The first kappa shape index (κ1) is 25.5. The van der Waals surface area contributed by atoms with E-state index in [9.17, 15) is 4.79 Å². The number of rotatable bonds is 9. The highest BCUT2D eigenvalue weighted by Gasteiger charge is 2.36. The van der Waals surface area contributed by atoms with Crippen molar-refractivity contribution in [3.05, 3.63) is 29.3 Å². The fourth-order valence-corrected chi connectivity index (χ4v) is 6.31. The molecule has 3 aliphatic rings. The van der Waals surface area contributed by atoms with Crippen LogP contribution in [0.4, 0.5) is 5.69 Å². The van der Waals surface area contributed by atoms with Crippen molar-refractivity contribution >= 4 is 29.8 Å². The van der Waals surface area contributed by atoms with Crippen molar-refractivity contribution < 1.29 is 14.3 Å². The van der Waals surface area contributed by atoms with Crippen LogP contribution in [-0.4, -0.2) is 75.4 Å². The highest BCUT2D eigenvalue weighted by molar-refractivity contribution is 7.96. The van der Waals surface area contributed by atoms with Gasteiger partial charge < -0.3 is 25.1 Å². The number of amides is 1. The zero-order valence-corrected chi connectivity index (χ0v) is 21.4. The highest BCUT2D eigenvalue weighted by Crippen LogP contribution is 2.36. The number of anilines is 1. The molecule has 3 fully saturated rings. The molecule has 1 amide bonds. The van der Waals surface area contributed by atoms with Gasteiger partial charge in [0.2, 0.25) is 5.91 Å². The monoisotopic (exact) mass is 488 g/mol. The Labute approximate surface area is 208 Å². The molecule has 7 nitrogen and oxygen atoms in total. The van der Waals surface area contributed by atoms with Gasteiger partial charge in [0, 0.05) is 56.2 Å². The normalized spacial score (nSPS) is 29.7. The Hall–Kier alpha value is -1.61. The second-order valence-electron chi connectivity index (χ2n) is 9.87. The summed E-state index contributed by atoms with van der Waals surface area (Å²) in [5, 5.41) is 10.9. The number of hydrogen-bond acceptors (Lipinski definition) is 7. The molecular formula is C26H40N4O3S. The van der Waals surface area contributed by atoms with Crippen LogP contribution in [0.1, 0.15) is 55.6 Å². The molecular weight excluding hydrogens is 448 g/mol. The van der Waals surface area contributed by atoms with E-state index in [2.05, 4.69) is 39.4 Å². The molecule has 0 aromatic heterocycles. The van der Waals surface area contributed by atoms with Gasteiger partial charge in [0.1, 0.15) is 0 Å². The molecule has 0 spiro atoms. The van der Waals surface area contributed by atoms with E-state index >= 15 is 0 Å². The number of piperidine rings is 1. The number of carbonyl (C=O) groups excluding carboxylic acids is 1. The minimum Gasteiger partial charge on any atom is -0.388 e. The van der Waals surface area contributed by atoms with Gasteiger partial charge in [0.25, 0.3) is 0 Å². The number of hydrogen-bond donors (Lipinski definition) is 3. The lowest BCUT2D eigenvalue weighted by Gasteiger charge is -2.40. The van der Waals surface area contributed by atoms with Crippen LogP contribution in [-0.2, 0) is 14.3 Å². The number of nitrogens with zero attached hydrogens (tertiary/aromatic N) is 1. The van der Waals surface area contributed by atoms with Crippen molar-refractivity contribution in [2.24, 2.45) is 11.8 Å². The molecule has 1 aromatic rings. The first-order valence-corrected chi connectivity index (χ1v) is 13.9. The minimum atomic E-state index is 0.0391. The van der Waals surface area contributed by atoms with Gasteiger partial charge >= 0.3 is 0 Å². The van der Waals surface area contributed by atoms with Crippen LogP contribution in [0.3, 0.4) is 0 Å². The van der Waals surface area contributed by atoms with Crippen molar-refractivity contribution in [1.82, 2.24) is 9.62 Å². The summed E-state index contributed by atoms with van der Waals surface area (Å²) in [6.45, 7) is 3.57. The number of ether oxygens (including phenoxy) is 2. The summed E-state index contributed by atoms with van der Waals surface area (Å²) >= 11 is 1.66. The third-order valence-electron chi connectivity index (χ3n) is 7.79. The van der Waals surface area contributed by atoms with Gasteiger partial charge in [-0.25, -0.2) is 0 Å². The Bertz CT molecular complexity index is 824. The summed E-state index contributed by atoms with van der Waals surface area (Å²) in [7, 11) is 1.90. The first-order valence-electron chi connectivity index (χ1n) is 12.7. The van der Waals surface area contributed by atoms with Crippen molar-refractivity contribution in [3.8, 4) is 0 Å². The van der Waals surface area contributed by atoms with Gasteiger partial charge in [-0.1, -0.05) is 18.0 Å². The van der Waals surface area contributed by atoms with Crippen LogP contribution in [0.2, 0.25) is 0 Å². The molecule has 4 rings (SSSR count). The molecule has 2 saturated heterocycles. The second-order valence-corrected chi connectivity index (χ2v) is 10.5. The molecule has 1 aromatic carbocycles. The second kappa shape index (κ2) is 12.4. The number of likely N-dealkylation sites (tertiary alicyclic amines) is 1. The number of benzene rings is 1. The molecule has 8 heteroatoms. The maximum absolute atomic E-state index is 12.9. The molecule has 1 aliphatic carbocycles. The van der Waals surface area contributed by atoms with E-state index in [1.807, 2.05) is 7.05 Å². The van der Waals surface area contributed by atoms with Gasteiger partial charge in [-0.3, -0.25) is 9.52 Å². The van der Waals surface area contributed by atoms with Crippen LogP contribution in [0, 0.1) is 17.2 Å². The van der Waals surface area contributed by atoms with Crippen LogP contribution in [0.5, 0.6) is 0 Å². The molecule has 3 N–H and O–H groups in total. The molecule has 0 bridgehead atoms. The van der Waals surface area contributed by atoms with E-state index < -0.39 is 0 Å². The van der Waals surface area contributed by atoms with Crippen molar-refractivity contribution in [1.29, 1.82) is 5.41 Å². The number of carbonyl (C=O) groups is 1. The predicted octanol–water partition coefficient (Wildman–Crippen LogP) is 3.89. The van der Waals surface area contributed by atoms with Crippen LogP contribution in [0.15, 0.2) is 18.2 Å². The third kappa shape index (κ3) is 6.14.